The summed E-state index contributed by atoms with van der Waals surface area (Å²) >= 11 is 0. The summed E-state index contributed by atoms with van der Waals surface area (Å²) in [5.74, 6) is 2.15. The molecule has 0 bridgehead atoms. The summed E-state index contributed by atoms with van der Waals surface area (Å²) in [5, 5.41) is 8.31. The Kier molecular flexibility index (Phi) is 8.99. The summed E-state index contributed by atoms with van der Waals surface area (Å²) < 4.78 is 14.5. The summed E-state index contributed by atoms with van der Waals surface area (Å²) in [7, 11) is -1.06. The van der Waals surface area contributed by atoms with Gasteiger partial charge < -0.3 is 14.8 Å². The van der Waals surface area contributed by atoms with Crippen LogP contribution in [0.5, 0.6) is 0 Å². The Balaban J connectivity index is 1.50. The van der Waals surface area contributed by atoms with Gasteiger partial charge in [-0.05, 0) is 69.0 Å². The van der Waals surface area contributed by atoms with Crippen molar-refractivity contribution >= 4 is 8.07 Å². The molecule has 30 heavy (non-hydrogen) atoms. The highest BCUT2D eigenvalue weighted by molar-refractivity contribution is 6.76. The minimum absolute atomic E-state index is 0.374. The summed E-state index contributed by atoms with van der Waals surface area (Å²) in [5.41, 5.74) is 1.30. The van der Waals surface area contributed by atoms with Crippen LogP contribution >= 0.6 is 0 Å². The van der Waals surface area contributed by atoms with E-state index in [9.17, 15) is 0 Å². The van der Waals surface area contributed by atoms with E-state index in [4.69, 9.17) is 9.47 Å². The van der Waals surface area contributed by atoms with Gasteiger partial charge in [0.05, 0.1) is 12.7 Å². The van der Waals surface area contributed by atoms with E-state index in [0.29, 0.717) is 24.8 Å². The van der Waals surface area contributed by atoms with Crippen molar-refractivity contribution in [3.63, 3.8) is 0 Å². The highest BCUT2D eigenvalue weighted by Gasteiger charge is 2.31. The molecule has 1 saturated heterocycles. The second-order valence-corrected chi connectivity index (χ2v) is 16.6. The largest absolute Gasteiger partial charge is 0.377 e. The molecular formula is C24H45N3O2Si. The third-order valence-electron chi connectivity index (χ3n) is 7.10. The molecule has 2 atom stereocenters. The van der Waals surface area contributed by atoms with Crippen LogP contribution in [0.4, 0.5) is 0 Å². The van der Waals surface area contributed by atoms with Gasteiger partial charge in [-0.15, -0.1) is 0 Å². The summed E-state index contributed by atoms with van der Waals surface area (Å²) in [6.07, 6.45) is 9.88. The van der Waals surface area contributed by atoms with Gasteiger partial charge in [0.1, 0.15) is 6.73 Å². The van der Waals surface area contributed by atoms with E-state index < -0.39 is 8.07 Å². The van der Waals surface area contributed by atoms with Gasteiger partial charge in [-0.1, -0.05) is 33.5 Å². The van der Waals surface area contributed by atoms with Crippen LogP contribution in [0.15, 0.2) is 12.3 Å². The standard InChI is InChI=1S/C24H45N3O2Si/c1-19(2)20-8-10-21(11-9-20)29-17-23-22(7-6-13-25-23)24-12-14-26-27(24)18-28-15-16-30(3,4)5/h12,14,19-23,25H,6-11,13,15-18H2,1-5H3/t20?,21?,22-,23?/m0/s1. The van der Waals surface area contributed by atoms with Crippen LogP contribution in [-0.4, -0.2) is 49.8 Å². The molecule has 1 N–H and O–H groups in total. The number of aromatic nitrogens is 2. The van der Waals surface area contributed by atoms with Crippen molar-refractivity contribution < 1.29 is 9.47 Å². The average molecular weight is 436 g/mol. The lowest BCUT2D eigenvalue weighted by Crippen LogP contribution is -2.45. The average Bonchev–Trinajstić information content (AvgIpc) is 3.18. The van der Waals surface area contributed by atoms with Crippen molar-refractivity contribution in [2.24, 2.45) is 11.8 Å². The van der Waals surface area contributed by atoms with E-state index in [-0.39, 0.29) is 0 Å². The SMILES string of the molecule is CC(C)C1CCC(OCC2NCCC[C@@H]2c2ccnn2COCC[Si](C)(C)C)CC1. The molecule has 172 valence electrons. The van der Waals surface area contributed by atoms with Crippen molar-refractivity contribution in [2.75, 3.05) is 19.8 Å². The molecule has 0 radical (unpaired) electrons. The van der Waals surface area contributed by atoms with Gasteiger partial charge in [-0.3, -0.25) is 0 Å². The Morgan fingerprint density at radius 2 is 1.93 bits per heavy atom. The topological polar surface area (TPSA) is 48.3 Å². The monoisotopic (exact) mass is 435 g/mol. The number of nitrogens with zero attached hydrogens (tertiary/aromatic N) is 2. The van der Waals surface area contributed by atoms with Crippen LogP contribution in [0.1, 0.15) is 64.0 Å². The molecule has 1 aromatic rings. The Morgan fingerprint density at radius 3 is 2.63 bits per heavy atom. The van der Waals surface area contributed by atoms with E-state index in [2.05, 4.69) is 54.7 Å². The lowest BCUT2D eigenvalue weighted by atomic mass is 9.80. The first-order valence-corrected chi connectivity index (χ1v) is 16.0. The predicted octanol–water partition coefficient (Wildman–Crippen LogP) is 5.26. The van der Waals surface area contributed by atoms with Crippen molar-refractivity contribution in [1.29, 1.82) is 0 Å². The molecule has 0 amide bonds. The van der Waals surface area contributed by atoms with Crippen LogP contribution in [0, 0.1) is 11.8 Å². The zero-order valence-corrected chi connectivity index (χ0v) is 21.0. The van der Waals surface area contributed by atoms with Gasteiger partial charge >= 0.3 is 0 Å². The van der Waals surface area contributed by atoms with E-state index in [1.807, 2.05) is 6.20 Å². The zero-order chi connectivity index (χ0) is 21.6. The third kappa shape index (κ3) is 7.18. The van der Waals surface area contributed by atoms with Crippen LogP contribution in [0.2, 0.25) is 25.7 Å². The Bertz CT molecular complexity index is 620. The van der Waals surface area contributed by atoms with Crippen molar-refractivity contribution in [3.05, 3.63) is 18.0 Å². The van der Waals surface area contributed by atoms with E-state index in [1.165, 1.54) is 50.3 Å². The molecule has 0 aromatic carbocycles. The van der Waals surface area contributed by atoms with E-state index in [1.54, 1.807) is 0 Å². The maximum absolute atomic E-state index is 6.44. The minimum atomic E-state index is -1.06. The number of hydrogen-bond donors (Lipinski definition) is 1. The Hall–Kier alpha value is -0.693. The Labute approximate surface area is 185 Å². The number of hydrogen-bond acceptors (Lipinski definition) is 4. The second kappa shape index (κ2) is 11.3. The molecule has 1 aliphatic carbocycles. The molecular weight excluding hydrogens is 390 g/mol. The molecule has 0 spiro atoms. The highest BCUT2D eigenvalue weighted by atomic mass is 28.3. The van der Waals surface area contributed by atoms with Gasteiger partial charge in [0, 0.05) is 38.5 Å². The fraction of sp³-hybridized carbons (Fsp3) is 0.875. The summed E-state index contributed by atoms with van der Waals surface area (Å²) in [6, 6.07) is 3.75. The maximum Gasteiger partial charge on any atom is 0.139 e. The molecule has 1 saturated carbocycles. The van der Waals surface area contributed by atoms with Crippen molar-refractivity contribution in [3.8, 4) is 0 Å². The van der Waals surface area contributed by atoms with Crippen LogP contribution in [-0.2, 0) is 16.2 Å². The van der Waals surface area contributed by atoms with Crippen LogP contribution in [0.25, 0.3) is 0 Å². The van der Waals surface area contributed by atoms with E-state index >= 15 is 0 Å². The quantitative estimate of drug-likeness (QED) is 0.402. The van der Waals surface area contributed by atoms with Crippen LogP contribution < -0.4 is 5.32 Å². The molecule has 1 aromatic heterocycles. The first-order valence-electron chi connectivity index (χ1n) is 12.3. The van der Waals surface area contributed by atoms with Gasteiger partial charge in [0.15, 0.2) is 0 Å². The second-order valence-electron chi connectivity index (χ2n) is 11.0. The first-order chi connectivity index (χ1) is 14.3. The molecule has 2 fully saturated rings. The fourth-order valence-corrected chi connectivity index (χ4v) is 5.70. The van der Waals surface area contributed by atoms with Gasteiger partial charge in [0.25, 0.3) is 0 Å². The first kappa shape index (κ1) is 24.0. The molecule has 3 rings (SSSR count). The number of rotatable bonds is 10. The van der Waals surface area contributed by atoms with Crippen LogP contribution in [0.3, 0.4) is 0 Å². The molecule has 6 heteroatoms. The lowest BCUT2D eigenvalue weighted by Gasteiger charge is -2.36. The maximum atomic E-state index is 6.44. The normalized spacial score (nSPS) is 28.2. The predicted molar refractivity (Wildman–Crippen MR) is 127 cm³/mol. The Morgan fingerprint density at radius 1 is 1.17 bits per heavy atom. The number of piperidine rings is 1. The molecule has 1 aliphatic heterocycles. The lowest BCUT2D eigenvalue weighted by molar-refractivity contribution is -0.00470. The molecule has 1 unspecified atom stereocenters. The number of nitrogens with one attached hydrogen (secondary N) is 1. The van der Waals surface area contributed by atoms with Crippen molar-refractivity contribution in [2.45, 2.75) is 103 Å². The zero-order valence-electron chi connectivity index (χ0n) is 20.0. The fourth-order valence-electron chi connectivity index (χ4n) is 4.94. The molecule has 5 nitrogen and oxygen atoms in total. The van der Waals surface area contributed by atoms with E-state index in [0.717, 1.165) is 31.6 Å². The van der Waals surface area contributed by atoms with Gasteiger partial charge in [-0.2, -0.15) is 5.10 Å². The highest BCUT2D eigenvalue weighted by Crippen LogP contribution is 2.33. The van der Waals surface area contributed by atoms with Crippen molar-refractivity contribution in [1.82, 2.24) is 15.1 Å². The number of ether oxygens (including phenoxy) is 2. The molecule has 2 aliphatic rings. The van der Waals surface area contributed by atoms with Gasteiger partial charge in [0.2, 0.25) is 0 Å². The molecule has 2 heterocycles. The summed E-state index contributed by atoms with van der Waals surface area (Å²) in [6.45, 7) is 15.2. The minimum Gasteiger partial charge on any atom is -0.377 e. The van der Waals surface area contributed by atoms with Gasteiger partial charge in [-0.25, -0.2) is 4.68 Å². The smallest absolute Gasteiger partial charge is 0.139 e. The third-order valence-corrected chi connectivity index (χ3v) is 8.80. The summed E-state index contributed by atoms with van der Waals surface area (Å²) in [4.78, 5) is 0.